The summed E-state index contributed by atoms with van der Waals surface area (Å²) in [6.45, 7) is 0. The Morgan fingerprint density at radius 3 is 2.29 bits per heavy atom. The van der Waals surface area contributed by atoms with Crippen LogP contribution >= 0.6 is 12.2 Å². The zero-order valence-electron chi connectivity index (χ0n) is 8.65. The molecule has 0 aromatic rings. The number of allylic oxidation sites excluding steroid dienone is 5. The van der Waals surface area contributed by atoms with Crippen LogP contribution in [0.3, 0.4) is 0 Å². The first-order chi connectivity index (χ1) is 6.63. The van der Waals surface area contributed by atoms with Gasteiger partial charge in [-0.3, -0.25) is 4.42 Å². The second-order valence-corrected chi connectivity index (χ2v) is 3.57. The Hall–Kier alpha value is -1.22. The molecule has 3 heteroatoms. The van der Waals surface area contributed by atoms with Crippen LogP contribution in [-0.2, 0) is 4.42 Å². The maximum absolute atomic E-state index is 5.16. The molecule has 74 valence electrons. The van der Waals surface area contributed by atoms with Gasteiger partial charge in [0.05, 0.1) is 0 Å². The number of carbonyl (C=O) groups excluding carboxylic acids is 1. The zero-order chi connectivity index (χ0) is 10.6. The molecule has 1 rings (SSSR count). The summed E-state index contributed by atoms with van der Waals surface area (Å²) < 4.78 is 5.06. The van der Waals surface area contributed by atoms with Crippen molar-refractivity contribution in [2.75, 3.05) is 21.2 Å². The number of likely N-dealkylation sites (N-methyl/N-ethyl adjacent to an activating group) is 1. The van der Waals surface area contributed by atoms with Crippen molar-refractivity contribution in [3.63, 3.8) is 0 Å². The van der Waals surface area contributed by atoms with Gasteiger partial charge in [-0.05, 0) is 23.8 Å². The van der Waals surface area contributed by atoms with Gasteiger partial charge in [-0.15, -0.1) is 0 Å². The lowest BCUT2D eigenvalue weighted by Crippen LogP contribution is -2.17. The number of ketones is 1. The third-order valence-electron chi connectivity index (χ3n) is 1.85. The highest BCUT2D eigenvalue weighted by Gasteiger charge is 2.05. The number of nitrogens with zero attached hydrogens (tertiary/aromatic N) is 1. The van der Waals surface area contributed by atoms with Crippen molar-refractivity contribution < 1.29 is 4.42 Å². The van der Waals surface area contributed by atoms with Crippen LogP contribution in [0.25, 0.3) is 0 Å². The monoisotopic (exact) mass is 208 g/mol. The van der Waals surface area contributed by atoms with Crippen molar-refractivity contribution in [1.29, 1.82) is 0 Å². The highest BCUT2D eigenvalue weighted by molar-refractivity contribution is 7.80. The highest BCUT2D eigenvalue weighted by atomic mass is 32.1. The van der Waals surface area contributed by atoms with Crippen LogP contribution in [0.15, 0.2) is 36.0 Å². The Morgan fingerprint density at radius 1 is 1.29 bits per heavy atom. The van der Waals surface area contributed by atoms with Crippen LogP contribution in [0.5, 0.6) is 0 Å². The second-order valence-electron chi connectivity index (χ2n) is 3.15. The number of rotatable bonds is 1. The zero-order valence-corrected chi connectivity index (χ0v) is 9.47. The number of thiocarbonyl (C=S) groups is 1. The fourth-order valence-corrected chi connectivity index (χ4v) is 1.11. The summed E-state index contributed by atoms with van der Waals surface area (Å²) in [6.07, 6.45) is 9.76. The summed E-state index contributed by atoms with van der Waals surface area (Å²) in [6, 6.07) is 0. The van der Waals surface area contributed by atoms with E-state index in [-0.39, 0.29) is 0 Å². The first kappa shape index (κ1) is 10.9. The van der Waals surface area contributed by atoms with Crippen molar-refractivity contribution in [2.45, 2.75) is 0 Å². The molecule has 1 aliphatic rings. The molecule has 0 fully saturated rings. The van der Waals surface area contributed by atoms with Crippen LogP contribution in [0.4, 0.5) is 0 Å². The van der Waals surface area contributed by atoms with Gasteiger partial charge in [-0.2, -0.15) is 0 Å². The van der Waals surface area contributed by atoms with Gasteiger partial charge >= 0.3 is 5.78 Å². The van der Waals surface area contributed by atoms with Gasteiger partial charge in [-0.1, -0.05) is 12.2 Å². The molecule has 0 aliphatic heterocycles. The minimum Gasteiger partial charge on any atom is -0.369 e. The lowest BCUT2D eigenvalue weighted by Gasteiger charge is -2.10. The lowest BCUT2D eigenvalue weighted by atomic mass is 10.1. The van der Waals surface area contributed by atoms with Crippen LogP contribution in [0, 0.1) is 0 Å². The molecule has 0 atom stereocenters. The van der Waals surface area contributed by atoms with Crippen molar-refractivity contribution in [3.8, 4) is 0 Å². The van der Waals surface area contributed by atoms with E-state index in [0.717, 1.165) is 16.3 Å². The maximum atomic E-state index is 5.16. The Labute approximate surface area is 89.9 Å². The van der Waals surface area contributed by atoms with Crippen molar-refractivity contribution >= 4 is 23.0 Å². The van der Waals surface area contributed by atoms with E-state index in [9.17, 15) is 0 Å². The molecule has 0 saturated heterocycles. The van der Waals surface area contributed by atoms with E-state index in [1.54, 1.807) is 7.11 Å². The molecule has 2 nitrogen and oxygen atoms in total. The molecule has 14 heavy (non-hydrogen) atoms. The molecule has 0 radical (unpaired) electrons. The summed E-state index contributed by atoms with van der Waals surface area (Å²) in [4.78, 5) is 2.72. The fourth-order valence-electron chi connectivity index (χ4n) is 0.972. The second kappa shape index (κ2) is 4.86. The molecule has 0 unspecified atom stereocenters. The third kappa shape index (κ3) is 2.92. The predicted molar refractivity (Wildman–Crippen MR) is 63.6 cm³/mol. The molecule has 0 aromatic heterocycles. The molecule has 0 heterocycles. The van der Waals surface area contributed by atoms with Gasteiger partial charge in [0.2, 0.25) is 0 Å². The topological polar surface area (TPSA) is 14.5 Å². The summed E-state index contributed by atoms with van der Waals surface area (Å²) in [5.41, 5.74) is 1.09. The van der Waals surface area contributed by atoms with Crippen LogP contribution in [-0.4, -0.2) is 36.9 Å². The quantitative estimate of drug-likeness (QED) is 0.370. The Bertz CT molecular complexity index is 330. The lowest BCUT2D eigenvalue weighted by molar-refractivity contribution is -0.417. The molecule has 1 aliphatic carbocycles. The molecule has 0 amide bonds. The number of hydrogen-bond donors (Lipinski definition) is 0. The molecule has 0 N–H and O–H groups in total. The van der Waals surface area contributed by atoms with Crippen LogP contribution in [0.2, 0.25) is 0 Å². The molecular formula is C11H14NOS+. The summed E-state index contributed by atoms with van der Waals surface area (Å²) in [5, 5.41) is 0. The van der Waals surface area contributed by atoms with Crippen molar-refractivity contribution in [2.24, 2.45) is 0 Å². The normalized spacial score (nSPS) is 14.2. The summed E-state index contributed by atoms with van der Waals surface area (Å²) >= 11 is 5.16. The van der Waals surface area contributed by atoms with Gasteiger partial charge in [0, 0.05) is 26.2 Å². The smallest absolute Gasteiger partial charge is 0.343 e. The van der Waals surface area contributed by atoms with Gasteiger partial charge in [-0.25, -0.2) is 0 Å². The average Bonchev–Trinajstić information content (AvgIpc) is 2.19. The molecule has 0 spiro atoms. The predicted octanol–water partition coefficient (Wildman–Crippen LogP) is 1.66. The first-order valence-electron chi connectivity index (χ1n) is 4.33. The van der Waals surface area contributed by atoms with Gasteiger partial charge < -0.3 is 4.90 Å². The standard InChI is InChI=1S/C11H14NOS/c1-12(2)11(14)8-9-4-6-10(13-3)7-5-9/h4-8H,1-3H3/q+1. The van der Waals surface area contributed by atoms with E-state index >= 15 is 0 Å². The molecule has 0 bridgehead atoms. The van der Waals surface area contributed by atoms with Crippen molar-refractivity contribution in [3.05, 3.63) is 36.0 Å². The maximum Gasteiger partial charge on any atom is 0.343 e. The molecular weight excluding hydrogens is 194 g/mol. The highest BCUT2D eigenvalue weighted by Crippen LogP contribution is 2.07. The third-order valence-corrected chi connectivity index (χ3v) is 2.33. The van der Waals surface area contributed by atoms with E-state index in [0.29, 0.717) is 0 Å². The van der Waals surface area contributed by atoms with Crippen molar-refractivity contribution in [1.82, 2.24) is 4.90 Å². The fraction of sp³-hybridized carbons (Fsp3) is 0.273. The summed E-state index contributed by atoms with van der Waals surface area (Å²) in [7, 11) is 5.52. The van der Waals surface area contributed by atoms with Gasteiger partial charge in [0.1, 0.15) is 4.99 Å². The van der Waals surface area contributed by atoms with E-state index in [2.05, 4.69) is 0 Å². The Balaban J connectivity index is 2.76. The van der Waals surface area contributed by atoms with E-state index < -0.39 is 0 Å². The van der Waals surface area contributed by atoms with E-state index in [1.807, 2.05) is 49.4 Å². The largest absolute Gasteiger partial charge is 0.369 e. The van der Waals surface area contributed by atoms with Crippen LogP contribution in [0.1, 0.15) is 0 Å². The van der Waals surface area contributed by atoms with Gasteiger partial charge in [0.25, 0.3) is 7.11 Å². The number of hydrogen-bond acceptors (Lipinski definition) is 1. The minimum atomic E-state index is 0.815. The van der Waals surface area contributed by atoms with E-state index in [4.69, 9.17) is 16.6 Å². The average molecular weight is 208 g/mol. The molecule has 0 aromatic carbocycles. The SMILES string of the molecule is C[O+]=C1C=CC(=CC(=S)N(C)C)C=C1. The minimum absolute atomic E-state index is 0.815. The van der Waals surface area contributed by atoms with Gasteiger partial charge in [0.15, 0.2) is 0 Å². The first-order valence-corrected chi connectivity index (χ1v) is 4.74. The van der Waals surface area contributed by atoms with Crippen LogP contribution < -0.4 is 0 Å². The molecule has 0 saturated carbocycles. The Kier molecular flexibility index (Phi) is 3.77. The van der Waals surface area contributed by atoms with E-state index in [1.165, 1.54) is 0 Å². The summed E-state index contributed by atoms with van der Waals surface area (Å²) in [5.74, 6) is 0.859. The Morgan fingerprint density at radius 2 is 1.86 bits per heavy atom.